The molecule has 1 amide bonds. The third kappa shape index (κ3) is 6.36. The molecule has 38 heavy (non-hydrogen) atoms. The van der Waals surface area contributed by atoms with Crippen molar-refractivity contribution in [3.8, 4) is 5.75 Å². The number of aromatic hydroxyl groups is 1. The second kappa shape index (κ2) is 12.0. The molecule has 0 aromatic heterocycles. The van der Waals surface area contributed by atoms with Gasteiger partial charge in [-0.15, -0.1) is 0 Å². The average molecular weight is 524 g/mol. The molecule has 0 saturated heterocycles. The Morgan fingerprint density at radius 1 is 1.05 bits per heavy atom. The predicted molar refractivity (Wildman–Crippen MR) is 137 cm³/mol. The Kier molecular flexibility index (Phi) is 8.85. The number of dihydropyridines is 1. The summed E-state index contributed by atoms with van der Waals surface area (Å²) in [6.45, 7) is 6.41. The van der Waals surface area contributed by atoms with Crippen molar-refractivity contribution < 1.29 is 33.9 Å². The largest absolute Gasteiger partial charge is 0.507 e. The number of para-hydroxylation sites is 1. The summed E-state index contributed by atoms with van der Waals surface area (Å²) in [4.78, 5) is 49.5. The van der Waals surface area contributed by atoms with E-state index in [0.29, 0.717) is 17.0 Å². The SMILES string of the molecule is CC1=C(C(=O)OCCNC(=O)c2ccccc2O)[C@@H](c2cccc([N+](=O)[O-])c2)C(C(=O)OC(C)C)=C(C)N1. The first-order chi connectivity index (χ1) is 18.0. The molecule has 0 fully saturated rings. The number of esters is 2. The van der Waals surface area contributed by atoms with E-state index in [9.17, 15) is 29.6 Å². The number of non-ortho nitro benzene ring substituents is 1. The van der Waals surface area contributed by atoms with E-state index in [4.69, 9.17) is 9.47 Å². The number of nitrogens with zero attached hydrogens (tertiary/aromatic N) is 1. The zero-order valence-corrected chi connectivity index (χ0v) is 21.4. The van der Waals surface area contributed by atoms with E-state index < -0.39 is 34.8 Å². The molecule has 0 saturated carbocycles. The number of allylic oxidation sites excluding steroid dienone is 2. The van der Waals surface area contributed by atoms with Crippen LogP contribution in [0.1, 0.15) is 49.5 Å². The fourth-order valence-electron chi connectivity index (χ4n) is 4.11. The van der Waals surface area contributed by atoms with E-state index in [2.05, 4.69) is 10.6 Å². The third-order valence-corrected chi connectivity index (χ3v) is 5.73. The number of benzene rings is 2. The molecule has 0 unspecified atom stereocenters. The monoisotopic (exact) mass is 523 g/mol. The second-order valence-electron chi connectivity index (χ2n) is 8.85. The van der Waals surface area contributed by atoms with E-state index in [-0.39, 0.29) is 41.3 Å². The van der Waals surface area contributed by atoms with Gasteiger partial charge in [0.15, 0.2) is 0 Å². The van der Waals surface area contributed by atoms with Gasteiger partial charge < -0.3 is 25.2 Å². The highest BCUT2D eigenvalue weighted by molar-refractivity contribution is 6.00. The lowest BCUT2D eigenvalue weighted by atomic mass is 9.80. The lowest BCUT2D eigenvalue weighted by Crippen LogP contribution is -2.34. The first kappa shape index (κ1) is 27.9. The molecule has 2 aromatic carbocycles. The Bertz CT molecular complexity index is 1330. The lowest BCUT2D eigenvalue weighted by molar-refractivity contribution is -0.384. The molecule has 11 heteroatoms. The van der Waals surface area contributed by atoms with Crippen LogP contribution in [0.2, 0.25) is 0 Å². The van der Waals surface area contributed by atoms with Crippen LogP contribution in [-0.2, 0) is 19.1 Å². The summed E-state index contributed by atoms with van der Waals surface area (Å²) in [5.74, 6) is -3.16. The number of rotatable bonds is 9. The molecule has 11 nitrogen and oxygen atoms in total. The molecule has 0 aliphatic carbocycles. The van der Waals surface area contributed by atoms with Crippen LogP contribution in [-0.4, -0.2) is 47.1 Å². The molecule has 1 heterocycles. The zero-order valence-electron chi connectivity index (χ0n) is 21.4. The van der Waals surface area contributed by atoms with Gasteiger partial charge in [-0.3, -0.25) is 14.9 Å². The normalized spacial score (nSPS) is 15.1. The van der Waals surface area contributed by atoms with Crippen LogP contribution < -0.4 is 10.6 Å². The summed E-state index contributed by atoms with van der Waals surface area (Å²) in [6.07, 6.45) is -0.441. The van der Waals surface area contributed by atoms with Crippen LogP contribution in [0.4, 0.5) is 5.69 Å². The van der Waals surface area contributed by atoms with Crippen molar-refractivity contribution in [2.75, 3.05) is 13.2 Å². The minimum absolute atomic E-state index is 0.0444. The summed E-state index contributed by atoms with van der Waals surface area (Å²) in [6, 6.07) is 11.7. The molecule has 0 spiro atoms. The molecular weight excluding hydrogens is 494 g/mol. The van der Waals surface area contributed by atoms with Crippen LogP contribution in [0.15, 0.2) is 71.1 Å². The maximum atomic E-state index is 13.3. The smallest absolute Gasteiger partial charge is 0.337 e. The van der Waals surface area contributed by atoms with Crippen LogP contribution in [0.25, 0.3) is 0 Å². The molecule has 200 valence electrons. The van der Waals surface area contributed by atoms with E-state index in [1.807, 2.05) is 0 Å². The number of carbonyl (C=O) groups is 3. The number of hydrogen-bond acceptors (Lipinski definition) is 9. The summed E-state index contributed by atoms with van der Waals surface area (Å²) in [5, 5.41) is 26.8. The molecule has 3 rings (SSSR count). The van der Waals surface area contributed by atoms with Gasteiger partial charge in [-0.05, 0) is 45.4 Å². The lowest BCUT2D eigenvalue weighted by Gasteiger charge is -2.30. The topological polar surface area (TPSA) is 157 Å². The summed E-state index contributed by atoms with van der Waals surface area (Å²) in [5.41, 5.74) is 1.28. The Morgan fingerprint density at radius 3 is 2.34 bits per heavy atom. The minimum Gasteiger partial charge on any atom is -0.507 e. The van der Waals surface area contributed by atoms with Crippen molar-refractivity contribution in [2.45, 2.75) is 39.7 Å². The van der Waals surface area contributed by atoms with Crippen LogP contribution in [0.3, 0.4) is 0 Å². The van der Waals surface area contributed by atoms with Gasteiger partial charge in [0.2, 0.25) is 0 Å². The summed E-state index contributed by atoms with van der Waals surface area (Å²) >= 11 is 0. The van der Waals surface area contributed by atoms with Gasteiger partial charge in [-0.2, -0.15) is 0 Å². The van der Waals surface area contributed by atoms with E-state index >= 15 is 0 Å². The fraction of sp³-hybridized carbons (Fsp3) is 0.296. The molecule has 3 N–H and O–H groups in total. The Balaban J connectivity index is 1.86. The van der Waals surface area contributed by atoms with Crippen LogP contribution in [0.5, 0.6) is 5.75 Å². The number of phenols is 1. The first-order valence-corrected chi connectivity index (χ1v) is 11.9. The quantitative estimate of drug-likeness (QED) is 0.194. The third-order valence-electron chi connectivity index (χ3n) is 5.73. The van der Waals surface area contributed by atoms with Gasteiger partial charge in [-0.1, -0.05) is 24.3 Å². The Morgan fingerprint density at radius 2 is 1.71 bits per heavy atom. The number of amides is 1. The molecule has 0 radical (unpaired) electrons. The molecule has 0 bridgehead atoms. The van der Waals surface area contributed by atoms with Gasteiger partial charge in [0.05, 0.1) is 40.2 Å². The van der Waals surface area contributed by atoms with Crippen molar-refractivity contribution in [1.82, 2.24) is 10.6 Å². The molecule has 1 aliphatic heterocycles. The standard InChI is InChI=1S/C27H29N3O8/c1-15(2)38-27(34)23-17(4)29-16(3)22(24(23)18-8-7-9-19(14-18)30(35)36)26(33)37-13-12-28-25(32)20-10-5-6-11-21(20)31/h5-11,14-15,24,29,31H,12-13H2,1-4H3,(H,28,32)/t24-/m1/s1. The summed E-state index contributed by atoms with van der Waals surface area (Å²) in [7, 11) is 0. The number of hydrogen-bond donors (Lipinski definition) is 3. The highest BCUT2D eigenvalue weighted by Gasteiger charge is 2.38. The number of phenolic OH excluding ortho intramolecular Hbond substituents is 1. The molecule has 1 aliphatic rings. The molecular formula is C27H29N3O8. The summed E-state index contributed by atoms with van der Waals surface area (Å²) < 4.78 is 10.8. The highest BCUT2D eigenvalue weighted by atomic mass is 16.6. The zero-order chi connectivity index (χ0) is 28.0. The van der Waals surface area contributed by atoms with Gasteiger partial charge in [0.1, 0.15) is 12.4 Å². The van der Waals surface area contributed by atoms with Crippen molar-refractivity contribution >= 4 is 23.5 Å². The minimum atomic E-state index is -0.995. The predicted octanol–water partition coefficient (Wildman–Crippen LogP) is 3.46. The maximum Gasteiger partial charge on any atom is 0.337 e. The average Bonchev–Trinajstić information content (AvgIpc) is 2.85. The van der Waals surface area contributed by atoms with Crippen LogP contribution in [0, 0.1) is 10.1 Å². The van der Waals surface area contributed by atoms with Gasteiger partial charge in [0, 0.05) is 23.5 Å². The van der Waals surface area contributed by atoms with Crippen molar-refractivity contribution in [2.24, 2.45) is 0 Å². The van der Waals surface area contributed by atoms with Gasteiger partial charge in [0.25, 0.3) is 11.6 Å². The Labute approximate surface area is 219 Å². The number of carbonyl (C=O) groups excluding carboxylic acids is 3. The first-order valence-electron chi connectivity index (χ1n) is 11.9. The highest BCUT2D eigenvalue weighted by Crippen LogP contribution is 2.40. The van der Waals surface area contributed by atoms with Gasteiger partial charge >= 0.3 is 11.9 Å². The van der Waals surface area contributed by atoms with Crippen LogP contribution >= 0.6 is 0 Å². The number of nitro groups is 1. The van der Waals surface area contributed by atoms with Gasteiger partial charge in [-0.25, -0.2) is 9.59 Å². The molecule has 2 aromatic rings. The van der Waals surface area contributed by atoms with E-state index in [1.54, 1.807) is 45.9 Å². The second-order valence-corrected chi connectivity index (χ2v) is 8.85. The fourth-order valence-corrected chi connectivity index (χ4v) is 4.11. The maximum absolute atomic E-state index is 13.3. The van der Waals surface area contributed by atoms with Crippen molar-refractivity contribution in [1.29, 1.82) is 0 Å². The van der Waals surface area contributed by atoms with Crippen molar-refractivity contribution in [3.05, 3.63) is 92.3 Å². The number of nitro benzene ring substituents is 1. The Hall–Kier alpha value is -4.67. The number of ether oxygens (including phenoxy) is 2. The van der Waals surface area contributed by atoms with E-state index in [1.165, 1.54) is 30.3 Å². The van der Waals surface area contributed by atoms with E-state index in [0.717, 1.165) is 0 Å². The number of nitrogens with one attached hydrogen (secondary N) is 2. The molecule has 1 atom stereocenters. The van der Waals surface area contributed by atoms with Crippen molar-refractivity contribution in [3.63, 3.8) is 0 Å².